The number of phenols is 1. The van der Waals surface area contributed by atoms with Crippen LogP contribution in [0.3, 0.4) is 0 Å². The fraction of sp³-hybridized carbons (Fsp3) is 0.0556. The predicted octanol–water partition coefficient (Wildman–Crippen LogP) is 2.59. The summed E-state index contributed by atoms with van der Waals surface area (Å²) in [6, 6.07) is 10.1. The van der Waals surface area contributed by atoms with Gasteiger partial charge >= 0.3 is 0 Å². The maximum atomic E-state index is 12.2. The van der Waals surface area contributed by atoms with Crippen LogP contribution in [0, 0.1) is 10.5 Å². The van der Waals surface area contributed by atoms with Crippen LogP contribution in [0.1, 0.15) is 27.0 Å². The molecule has 8 heteroatoms. The third-order valence-corrected chi connectivity index (χ3v) is 3.97. The van der Waals surface area contributed by atoms with Gasteiger partial charge in [0.1, 0.15) is 5.75 Å². The Bertz CT molecular complexity index is 894. The van der Waals surface area contributed by atoms with Crippen LogP contribution in [0.15, 0.2) is 47.6 Å². The smallest absolute Gasteiger partial charge is 0.271 e. The van der Waals surface area contributed by atoms with Crippen LogP contribution in [-0.4, -0.2) is 28.3 Å². The minimum atomic E-state index is -0.669. The maximum Gasteiger partial charge on any atom is 0.271 e. The second-order valence-electron chi connectivity index (χ2n) is 5.29. The summed E-state index contributed by atoms with van der Waals surface area (Å²) < 4.78 is 0.942. The van der Waals surface area contributed by atoms with Gasteiger partial charge in [0, 0.05) is 20.8 Å². The molecule has 4 N–H and O–H groups in total. The van der Waals surface area contributed by atoms with Crippen LogP contribution < -0.4 is 10.9 Å². The first kappa shape index (κ1) is 19.6. The first-order valence-electron chi connectivity index (χ1n) is 7.45. The van der Waals surface area contributed by atoms with Crippen molar-refractivity contribution in [3.8, 4) is 5.75 Å². The SMILES string of the molecule is Cc1cc(I)cc(C=NNC(=O)c2cccc(C=CC(=O)NO)c2)c1O. The Balaban J connectivity index is 2.09. The van der Waals surface area contributed by atoms with Crippen molar-refractivity contribution < 1.29 is 19.9 Å². The highest BCUT2D eigenvalue weighted by Gasteiger charge is 2.06. The molecule has 0 bridgehead atoms. The zero-order chi connectivity index (χ0) is 19.1. The van der Waals surface area contributed by atoms with Gasteiger partial charge in [0.15, 0.2) is 0 Å². The predicted molar refractivity (Wildman–Crippen MR) is 106 cm³/mol. The van der Waals surface area contributed by atoms with Crippen LogP contribution in [0.4, 0.5) is 0 Å². The first-order valence-corrected chi connectivity index (χ1v) is 8.53. The fourth-order valence-corrected chi connectivity index (χ4v) is 2.88. The molecule has 7 nitrogen and oxygen atoms in total. The summed E-state index contributed by atoms with van der Waals surface area (Å²) >= 11 is 2.13. The number of hydrogen-bond donors (Lipinski definition) is 4. The number of hydroxylamine groups is 1. The van der Waals surface area contributed by atoms with E-state index in [-0.39, 0.29) is 5.75 Å². The van der Waals surface area contributed by atoms with Crippen LogP contribution in [0.2, 0.25) is 0 Å². The molecule has 0 saturated carbocycles. The van der Waals surface area contributed by atoms with Crippen molar-refractivity contribution in [1.82, 2.24) is 10.9 Å². The maximum absolute atomic E-state index is 12.2. The molecule has 0 heterocycles. The van der Waals surface area contributed by atoms with Crippen LogP contribution in [0.5, 0.6) is 5.75 Å². The fourth-order valence-electron chi connectivity index (χ4n) is 2.08. The average molecular weight is 465 g/mol. The molecule has 0 saturated heterocycles. The molecule has 0 fully saturated rings. The lowest BCUT2D eigenvalue weighted by molar-refractivity contribution is -0.124. The molecule has 134 valence electrons. The summed E-state index contributed by atoms with van der Waals surface area (Å²) in [5.74, 6) is -1.00. The van der Waals surface area contributed by atoms with Gasteiger partial charge in [-0.25, -0.2) is 10.9 Å². The van der Waals surface area contributed by atoms with Gasteiger partial charge in [-0.3, -0.25) is 14.8 Å². The Morgan fingerprint density at radius 1 is 1.23 bits per heavy atom. The zero-order valence-electron chi connectivity index (χ0n) is 13.7. The van der Waals surface area contributed by atoms with E-state index in [0.717, 1.165) is 15.2 Å². The van der Waals surface area contributed by atoms with Gasteiger partial charge in [-0.15, -0.1) is 0 Å². The van der Waals surface area contributed by atoms with Crippen LogP contribution in [0.25, 0.3) is 6.08 Å². The third-order valence-electron chi connectivity index (χ3n) is 3.35. The number of aromatic hydroxyl groups is 1. The standard InChI is InChI=1S/C18H16IN3O4/c1-11-7-15(19)9-14(17(11)24)10-20-21-18(25)13-4-2-3-12(8-13)5-6-16(23)22-26/h2-10,24,26H,1H3,(H,21,25)(H,22,23). The van der Waals surface area contributed by atoms with E-state index in [4.69, 9.17) is 5.21 Å². The van der Waals surface area contributed by atoms with E-state index in [1.807, 2.05) is 6.07 Å². The van der Waals surface area contributed by atoms with E-state index in [2.05, 4.69) is 33.1 Å². The lowest BCUT2D eigenvalue weighted by Gasteiger charge is -2.04. The number of aryl methyl sites for hydroxylation is 1. The van der Waals surface area contributed by atoms with Crippen molar-refractivity contribution in [3.63, 3.8) is 0 Å². The van der Waals surface area contributed by atoms with E-state index in [0.29, 0.717) is 16.7 Å². The number of carbonyl (C=O) groups excluding carboxylic acids is 2. The molecular formula is C18H16IN3O4. The summed E-state index contributed by atoms with van der Waals surface area (Å²) in [6.45, 7) is 1.78. The number of benzene rings is 2. The molecule has 0 radical (unpaired) electrons. The number of hydrogen-bond acceptors (Lipinski definition) is 5. The quantitative estimate of drug-likeness (QED) is 0.179. The van der Waals surface area contributed by atoms with Crippen molar-refractivity contribution in [2.75, 3.05) is 0 Å². The molecule has 26 heavy (non-hydrogen) atoms. The topological polar surface area (TPSA) is 111 Å². The molecule has 2 rings (SSSR count). The van der Waals surface area contributed by atoms with Gasteiger partial charge in [0.2, 0.25) is 0 Å². The van der Waals surface area contributed by atoms with E-state index in [1.165, 1.54) is 17.8 Å². The molecule has 0 unspecified atom stereocenters. The molecule has 0 spiro atoms. The Morgan fingerprint density at radius 2 is 2.00 bits per heavy atom. The molecule has 0 aliphatic rings. The van der Waals surface area contributed by atoms with Gasteiger partial charge in [0.25, 0.3) is 11.8 Å². The summed E-state index contributed by atoms with van der Waals surface area (Å²) in [5, 5.41) is 22.3. The minimum Gasteiger partial charge on any atom is -0.507 e. The Labute approximate surface area is 163 Å². The zero-order valence-corrected chi connectivity index (χ0v) is 15.9. The van der Waals surface area contributed by atoms with Gasteiger partial charge in [-0.05, 0) is 71.0 Å². The Hall–Kier alpha value is -2.72. The lowest BCUT2D eigenvalue weighted by Crippen LogP contribution is -2.17. The van der Waals surface area contributed by atoms with Crippen molar-refractivity contribution in [2.24, 2.45) is 5.10 Å². The Kier molecular flexibility index (Phi) is 6.87. The molecule has 0 atom stereocenters. The monoisotopic (exact) mass is 465 g/mol. The normalized spacial score (nSPS) is 11.0. The number of rotatable bonds is 5. The minimum absolute atomic E-state index is 0.109. The molecule has 0 aromatic heterocycles. The number of nitrogens with zero attached hydrogens (tertiary/aromatic N) is 1. The van der Waals surface area contributed by atoms with Crippen LogP contribution in [-0.2, 0) is 4.79 Å². The second kappa shape index (κ2) is 9.11. The summed E-state index contributed by atoms with van der Waals surface area (Å²) in [6.07, 6.45) is 3.97. The van der Waals surface area contributed by atoms with Gasteiger partial charge in [-0.1, -0.05) is 12.1 Å². The van der Waals surface area contributed by atoms with E-state index < -0.39 is 11.8 Å². The third kappa shape index (κ3) is 5.39. The molecule has 2 aromatic rings. The van der Waals surface area contributed by atoms with Gasteiger partial charge in [-0.2, -0.15) is 5.10 Å². The number of phenolic OH excluding ortho intramolecular Hbond substituents is 1. The summed E-state index contributed by atoms with van der Waals surface area (Å²) in [4.78, 5) is 23.2. The number of carbonyl (C=O) groups is 2. The summed E-state index contributed by atoms with van der Waals surface area (Å²) in [7, 11) is 0. The molecule has 0 aliphatic heterocycles. The Morgan fingerprint density at radius 3 is 2.73 bits per heavy atom. The second-order valence-corrected chi connectivity index (χ2v) is 6.54. The van der Waals surface area contributed by atoms with Crippen molar-refractivity contribution in [3.05, 3.63) is 68.3 Å². The summed E-state index contributed by atoms with van der Waals surface area (Å²) in [5.41, 5.74) is 6.05. The van der Waals surface area contributed by atoms with Crippen molar-refractivity contribution in [1.29, 1.82) is 0 Å². The van der Waals surface area contributed by atoms with Gasteiger partial charge < -0.3 is 5.11 Å². The van der Waals surface area contributed by atoms with Gasteiger partial charge in [0.05, 0.1) is 6.21 Å². The van der Waals surface area contributed by atoms with Crippen molar-refractivity contribution in [2.45, 2.75) is 6.92 Å². The van der Waals surface area contributed by atoms with Crippen LogP contribution >= 0.6 is 22.6 Å². The first-order chi connectivity index (χ1) is 12.4. The number of hydrazone groups is 1. The van der Waals surface area contributed by atoms with E-state index >= 15 is 0 Å². The molecule has 2 aromatic carbocycles. The highest BCUT2D eigenvalue weighted by atomic mass is 127. The number of halogens is 1. The number of amides is 2. The van der Waals surface area contributed by atoms with Crippen molar-refractivity contribution >= 4 is 46.7 Å². The van der Waals surface area contributed by atoms with E-state index in [1.54, 1.807) is 37.3 Å². The molecule has 2 amide bonds. The largest absolute Gasteiger partial charge is 0.507 e. The lowest BCUT2D eigenvalue weighted by atomic mass is 10.1. The molecular weight excluding hydrogens is 449 g/mol. The highest BCUT2D eigenvalue weighted by Crippen LogP contribution is 2.23. The van der Waals surface area contributed by atoms with E-state index in [9.17, 15) is 14.7 Å². The average Bonchev–Trinajstić information content (AvgIpc) is 2.63. The highest BCUT2D eigenvalue weighted by molar-refractivity contribution is 14.1. The molecule has 0 aliphatic carbocycles. The number of nitrogens with one attached hydrogen (secondary N) is 2.